The third kappa shape index (κ3) is 3.75. The van der Waals surface area contributed by atoms with Gasteiger partial charge >= 0.3 is 0 Å². The lowest BCUT2D eigenvalue weighted by molar-refractivity contribution is -0.115. The number of aryl methyl sites for hydroxylation is 1. The van der Waals surface area contributed by atoms with Gasteiger partial charge in [0, 0.05) is 0 Å². The minimum absolute atomic E-state index is 0.0129. The fraction of sp³-hybridized carbons (Fsp3) is 0.0588. The van der Waals surface area contributed by atoms with Gasteiger partial charge in [-0.25, -0.2) is 4.99 Å². The number of aromatic hydroxyl groups is 1. The van der Waals surface area contributed by atoms with Gasteiger partial charge in [0.05, 0.1) is 15.6 Å². The molecule has 0 spiro atoms. The van der Waals surface area contributed by atoms with Crippen LogP contribution in [0.1, 0.15) is 11.1 Å². The molecule has 6 heteroatoms. The first kappa shape index (κ1) is 15.6. The van der Waals surface area contributed by atoms with Gasteiger partial charge in [0.15, 0.2) is 5.17 Å². The molecule has 1 saturated heterocycles. The lowest BCUT2D eigenvalue weighted by Gasteiger charge is -1.98. The quantitative estimate of drug-likeness (QED) is 0.801. The van der Waals surface area contributed by atoms with Gasteiger partial charge in [-0.3, -0.25) is 4.79 Å². The number of nitrogens with one attached hydrogen (secondary N) is 1. The molecule has 0 atom stereocenters. The molecule has 0 saturated carbocycles. The largest absolute Gasteiger partial charge is 0.506 e. The first-order valence-electron chi connectivity index (χ1n) is 6.86. The van der Waals surface area contributed by atoms with Crippen molar-refractivity contribution in [3.05, 3.63) is 63.5 Å². The van der Waals surface area contributed by atoms with E-state index in [1.807, 2.05) is 31.2 Å². The molecule has 2 aromatic rings. The first-order chi connectivity index (χ1) is 11.0. The van der Waals surface area contributed by atoms with E-state index >= 15 is 0 Å². The van der Waals surface area contributed by atoms with Gasteiger partial charge in [-0.05, 0) is 54.6 Å². The third-order valence-corrected chi connectivity index (χ3v) is 4.40. The second kappa shape index (κ2) is 6.48. The summed E-state index contributed by atoms with van der Waals surface area (Å²) in [6.45, 7) is 2.01. The Balaban J connectivity index is 1.83. The Kier molecular flexibility index (Phi) is 4.41. The highest BCUT2D eigenvalue weighted by Crippen LogP contribution is 2.30. The number of carbonyl (C=O) groups excluding carboxylic acids is 1. The van der Waals surface area contributed by atoms with Crippen molar-refractivity contribution >= 4 is 46.2 Å². The standard InChI is InChI=1S/C17H13ClN2O2S/c1-10-2-5-12(6-3-10)19-17-20-16(22)15(23-17)9-11-4-7-14(21)13(18)8-11/h2-9,21H,1H3,(H,19,20,22)/b15-9-. The molecule has 1 amide bonds. The number of halogens is 1. The lowest BCUT2D eigenvalue weighted by atomic mass is 10.2. The van der Waals surface area contributed by atoms with Gasteiger partial charge < -0.3 is 10.4 Å². The fourth-order valence-corrected chi connectivity index (χ4v) is 3.01. The molecule has 4 nitrogen and oxygen atoms in total. The SMILES string of the molecule is Cc1ccc(N=C2NC(=O)/C(=C/c3ccc(O)c(Cl)c3)S2)cc1. The number of hydrogen-bond donors (Lipinski definition) is 2. The molecule has 23 heavy (non-hydrogen) atoms. The summed E-state index contributed by atoms with van der Waals surface area (Å²) in [5, 5.41) is 12.9. The minimum Gasteiger partial charge on any atom is -0.506 e. The highest BCUT2D eigenvalue weighted by molar-refractivity contribution is 8.18. The van der Waals surface area contributed by atoms with Crippen LogP contribution in [-0.4, -0.2) is 16.2 Å². The van der Waals surface area contributed by atoms with Crippen LogP contribution in [0.25, 0.3) is 6.08 Å². The topological polar surface area (TPSA) is 61.7 Å². The molecular weight excluding hydrogens is 332 g/mol. The highest BCUT2D eigenvalue weighted by Gasteiger charge is 2.23. The molecule has 0 bridgehead atoms. The number of phenolic OH excluding ortho intramolecular Hbond substituents is 1. The maximum atomic E-state index is 12.0. The molecule has 2 N–H and O–H groups in total. The summed E-state index contributed by atoms with van der Waals surface area (Å²) in [6.07, 6.45) is 1.71. The number of amides is 1. The van der Waals surface area contributed by atoms with E-state index in [1.165, 1.54) is 17.8 Å². The third-order valence-electron chi connectivity index (χ3n) is 3.19. The van der Waals surface area contributed by atoms with Crippen molar-refractivity contribution in [3.8, 4) is 5.75 Å². The van der Waals surface area contributed by atoms with E-state index in [9.17, 15) is 9.90 Å². The van der Waals surface area contributed by atoms with E-state index in [-0.39, 0.29) is 16.7 Å². The molecule has 0 aliphatic carbocycles. The van der Waals surface area contributed by atoms with Crippen LogP contribution < -0.4 is 5.32 Å². The molecule has 1 fully saturated rings. The summed E-state index contributed by atoms with van der Waals surface area (Å²) in [5.41, 5.74) is 2.68. The van der Waals surface area contributed by atoms with Crippen LogP contribution >= 0.6 is 23.4 Å². The minimum atomic E-state index is -0.204. The van der Waals surface area contributed by atoms with E-state index in [4.69, 9.17) is 11.6 Å². The van der Waals surface area contributed by atoms with Crippen molar-refractivity contribution in [2.45, 2.75) is 6.92 Å². The van der Waals surface area contributed by atoms with E-state index in [1.54, 1.807) is 18.2 Å². The van der Waals surface area contributed by atoms with Gasteiger partial charge in [0.1, 0.15) is 5.75 Å². The smallest absolute Gasteiger partial charge is 0.264 e. The number of aliphatic imine (C=N–C) groups is 1. The molecule has 1 heterocycles. The molecule has 1 aliphatic heterocycles. The molecule has 1 aliphatic rings. The molecule has 0 radical (unpaired) electrons. The fourth-order valence-electron chi connectivity index (χ4n) is 1.98. The van der Waals surface area contributed by atoms with E-state index < -0.39 is 0 Å². The number of phenols is 1. The monoisotopic (exact) mass is 344 g/mol. The average Bonchev–Trinajstić information content (AvgIpc) is 2.85. The van der Waals surface area contributed by atoms with Crippen LogP contribution in [0, 0.1) is 6.92 Å². The van der Waals surface area contributed by atoms with Crippen LogP contribution in [0.4, 0.5) is 5.69 Å². The summed E-state index contributed by atoms with van der Waals surface area (Å²) in [4.78, 5) is 17.0. The Labute approximate surface area is 142 Å². The van der Waals surface area contributed by atoms with Crippen LogP contribution in [-0.2, 0) is 4.79 Å². The van der Waals surface area contributed by atoms with E-state index in [2.05, 4.69) is 10.3 Å². The predicted molar refractivity (Wildman–Crippen MR) is 95.1 cm³/mol. The van der Waals surface area contributed by atoms with Crippen LogP contribution in [0.5, 0.6) is 5.75 Å². The normalized spacial score (nSPS) is 17.7. The first-order valence-corrected chi connectivity index (χ1v) is 8.05. The maximum Gasteiger partial charge on any atom is 0.264 e. The van der Waals surface area contributed by atoms with Crippen molar-refractivity contribution < 1.29 is 9.90 Å². The predicted octanol–water partition coefficient (Wildman–Crippen LogP) is 4.25. The zero-order valence-corrected chi connectivity index (χ0v) is 13.8. The number of hydrogen-bond acceptors (Lipinski definition) is 4. The number of thioether (sulfide) groups is 1. The number of carbonyl (C=O) groups is 1. The number of amidine groups is 1. The molecule has 116 valence electrons. The Bertz CT molecular complexity index is 829. The molecule has 0 unspecified atom stereocenters. The number of benzene rings is 2. The van der Waals surface area contributed by atoms with Gasteiger partial charge in [-0.2, -0.15) is 0 Å². The summed E-state index contributed by atoms with van der Waals surface area (Å²) in [7, 11) is 0. The zero-order chi connectivity index (χ0) is 16.4. The van der Waals surface area contributed by atoms with Crippen LogP contribution in [0.2, 0.25) is 5.02 Å². The zero-order valence-electron chi connectivity index (χ0n) is 12.2. The second-order valence-corrected chi connectivity index (χ2v) is 6.47. The van der Waals surface area contributed by atoms with Crippen molar-refractivity contribution in [1.82, 2.24) is 5.32 Å². The molecule has 3 rings (SSSR count). The average molecular weight is 345 g/mol. The summed E-state index contributed by atoms with van der Waals surface area (Å²) >= 11 is 7.14. The summed E-state index contributed by atoms with van der Waals surface area (Å²) in [6, 6.07) is 12.5. The Morgan fingerprint density at radius 1 is 1.22 bits per heavy atom. The Morgan fingerprint density at radius 2 is 1.96 bits per heavy atom. The number of nitrogens with zero attached hydrogens (tertiary/aromatic N) is 1. The maximum absolute atomic E-state index is 12.0. The van der Waals surface area contributed by atoms with Crippen LogP contribution in [0.3, 0.4) is 0 Å². The lowest BCUT2D eigenvalue weighted by Crippen LogP contribution is -2.19. The van der Waals surface area contributed by atoms with Crippen molar-refractivity contribution in [3.63, 3.8) is 0 Å². The Hall–Kier alpha value is -2.24. The van der Waals surface area contributed by atoms with Gasteiger partial charge in [0.25, 0.3) is 5.91 Å². The molecule has 2 aromatic carbocycles. The number of rotatable bonds is 2. The van der Waals surface area contributed by atoms with E-state index in [0.29, 0.717) is 10.1 Å². The second-order valence-electron chi connectivity index (χ2n) is 5.03. The van der Waals surface area contributed by atoms with E-state index in [0.717, 1.165) is 16.8 Å². The summed E-state index contributed by atoms with van der Waals surface area (Å²) < 4.78 is 0. The van der Waals surface area contributed by atoms with Crippen molar-refractivity contribution in [1.29, 1.82) is 0 Å². The van der Waals surface area contributed by atoms with Crippen molar-refractivity contribution in [2.24, 2.45) is 4.99 Å². The highest BCUT2D eigenvalue weighted by atomic mass is 35.5. The van der Waals surface area contributed by atoms with Gasteiger partial charge in [-0.1, -0.05) is 35.4 Å². The van der Waals surface area contributed by atoms with Crippen molar-refractivity contribution in [2.75, 3.05) is 0 Å². The van der Waals surface area contributed by atoms with Gasteiger partial charge in [-0.15, -0.1) is 0 Å². The van der Waals surface area contributed by atoms with Crippen LogP contribution in [0.15, 0.2) is 52.4 Å². The molecule has 0 aromatic heterocycles. The summed E-state index contributed by atoms with van der Waals surface area (Å²) in [5.74, 6) is -0.191. The molecular formula is C17H13ClN2O2S. The Morgan fingerprint density at radius 3 is 2.65 bits per heavy atom. The van der Waals surface area contributed by atoms with Gasteiger partial charge in [0.2, 0.25) is 0 Å².